The number of nitrogens with zero attached hydrogens (tertiary/aromatic N) is 1. The Hall–Kier alpha value is -0.590. The molecule has 0 aromatic heterocycles. The van der Waals surface area contributed by atoms with E-state index < -0.39 is 0 Å². The molecule has 0 aromatic carbocycles. The van der Waals surface area contributed by atoms with Gasteiger partial charge in [-0.2, -0.15) is 5.26 Å². The summed E-state index contributed by atoms with van der Waals surface area (Å²) in [6.45, 7) is 1.79. The number of hydrogen-bond acceptors (Lipinski definition) is 3. The number of ether oxygens (including phenoxy) is 1. The van der Waals surface area contributed by atoms with E-state index in [9.17, 15) is 5.26 Å². The lowest BCUT2D eigenvalue weighted by Gasteiger charge is -2.30. The zero-order valence-corrected chi connectivity index (χ0v) is 11.2. The summed E-state index contributed by atoms with van der Waals surface area (Å²) in [5, 5.41) is 13.2. The van der Waals surface area contributed by atoms with Crippen LogP contribution in [0.5, 0.6) is 0 Å². The standard InChI is InChI=1S/C15H24N2O/c16-11-15(17-14-5-6-14)8-1-2-13(15)7-9-18-10-12-3-4-12/h12-14,17H,1-10H2. The largest absolute Gasteiger partial charge is 0.381 e. The molecule has 0 saturated heterocycles. The Morgan fingerprint density at radius 1 is 1.22 bits per heavy atom. The highest BCUT2D eigenvalue weighted by Crippen LogP contribution is 2.40. The van der Waals surface area contributed by atoms with Crippen LogP contribution in [0.2, 0.25) is 0 Å². The molecule has 2 atom stereocenters. The third-order valence-corrected chi connectivity index (χ3v) is 4.72. The van der Waals surface area contributed by atoms with Gasteiger partial charge in [0.25, 0.3) is 0 Å². The van der Waals surface area contributed by atoms with Crippen LogP contribution in [-0.4, -0.2) is 24.8 Å². The fraction of sp³-hybridized carbons (Fsp3) is 0.933. The SMILES string of the molecule is N#CC1(NC2CC2)CCCC1CCOCC1CC1. The molecule has 3 aliphatic carbocycles. The van der Waals surface area contributed by atoms with Crippen LogP contribution >= 0.6 is 0 Å². The van der Waals surface area contributed by atoms with E-state index in [1.807, 2.05) is 0 Å². The maximum absolute atomic E-state index is 9.57. The van der Waals surface area contributed by atoms with Gasteiger partial charge in [0.1, 0.15) is 5.54 Å². The summed E-state index contributed by atoms with van der Waals surface area (Å²) < 4.78 is 5.74. The molecule has 0 bridgehead atoms. The third kappa shape index (κ3) is 2.87. The average molecular weight is 248 g/mol. The van der Waals surface area contributed by atoms with Crippen molar-refractivity contribution in [1.29, 1.82) is 5.26 Å². The smallest absolute Gasteiger partial charge is 0.109 e. The van der Waals surface area contributed by atoms with Crippen molar-refractivity contribution in [2.45, 2.75) is 62.9 Å². The lowest BCUT2D eigenvalue weighted by molar-refractivity contribution is 0.103. The molecule has 3 aliphatic rings. The van der Waals surface area contributed by atoms with Gasteiger partial charge in [-0.1, -0.05) is 6.42 Å². The minimum absolute atomic E-state index is 0.232. The van der Waals surface area contributed by atoms with Crippen molar-refractivity contribution in [3.63, 3.8) is 0 Å². The van der Waals surface area contributed by atoms with E-state index in [0.717, 1.165) is 32.0 Å². The predicted molar refractivity (Wildman–Crippen MR) is 70.0 cm³/mol. The Balaban J connectivity index is 1.47. The molecule has 100 valence electrons. The van der Waals surface area contributed by atoms with Crippen LogP contribution in [0.1, 0.15) is 51.4 Å². The molecule has 3 nitrogen and oxygen atoms in total. The van der Waals surface area contributed by atoms with Crippen LogP contribution in [0.4, 0.5) is 0 Å². The number of rotatable bonds is 7. The van der Waals surface area contributed by atoms with E-state index in [1.54, 1.807) is 0 Å². The Morgan fingerprint density at radius 3 is 2.72 bits per heavy atom. The summed E-state index contributed by atoms with van der Waals surface area (Å²) in [5.41, 5.74) is -0.232. The van der Waals surface area contributed by atoms with Crippen LogP contribution in [0, 0.1) is 23.2 Å². The summed E-state index contributed by atoms with van der Waals surface area (Å²) in [4.78, 5) is 0. The number of nitriles is 1. The van der Waals surface area contributed by atoms with Gasteiger partial charge in [-0.15, -0.1) is 0 Å². The average Bonchev–Trinajstić information content (AvgIpc) is 3.27. The summed E-state index contributed by atoms with van der Waals surface area (Å²) in [5.74, 6) is 1.35. The Labute approximate surface area is 110 Å². The van der Waals surface area contributed by atoms with Gasteiger partial charge in [0.05, 0.1) is 6.07 Å². The van der Waals surface area contributed by atoms with Crippen molar-refractivity contribution < 1.29 is 4.74 Å². The normalized spacial score (nSPS) is 35.6. The summed E-state index contributed by atoms with van der Waals surface area (Å²) in [6.07, 6.45) is 9.71. The topological polar surface area (TPSA) is 45.0 Å². The molecular weight excluding hydrogens is 224 g/mol. The van der Waals surface area contributed by atoms with Crippen molar-refractivity contribution in [3.05, 3.63) is 0 Å². The van der Waals surface area contributed by atoms with Crippen LogP contribution in [0.25, 0.3) is 0 Å². The lowest BCUT2D eigenvalue weighted by Crippen LogP contribution is -2.48. The molecule has 3 rings (SSSR count). The minimum atomic E-state index is -0.232. The van der Waals surface area contributed by atoms with Crippen molar-refractivity contribution in [2.24, 2.45) is 11.8 Å². The van der Waals surface area contributed by atoms with Gasteiger partial charge in [-0.25, -0.2) is 0 Å². The van der Waals surface area contributed by atoms with Crippen LogP contribution in [0.3, 0.4) is 0 Å². The predicted octanol–water partition coefficient (Wildman–Crippen LogP) is 2.62. The van der Waals surface area contributed by atoms with Crippen LogP contribution in [-0.2, 0) is 4.74 Å². The second kappa shape index (κ2) is 5.19. The second-order valence-electron chi connectivity index (χ2n) is 6.40. The van der Waals surface area contributed by atoms with E-state index in [1.165, 1.54) is 38.5 Å². The Morgan fingerprint density at radius 2 is 2.06 bits per heavy atom. The van der Waals surface area contributed by atoms with Gasteiger partial charge in [0, 0.05) is 19.3 Å². The van der Waals surface area contributed by atoms with Crippen LogP contribution < -0.4 is 5.32 Å². The highest BCUT2D eigenvalue weighted by atomic mass is 16.5. The summed E-state index contributed by atoms with van der Waals surface area (Å²) in [6, 6.07) is 3.22. The molecular formula is C15H24N2O. The van der Waals surface area contributed by atoms with Gasteiger partial charge in [-0.05, 0) is 56.8 Å². The maximum Gasteiger partial charge on any atom is 0.109 e. The first-order valence-corrected chi connectivity index (χ1v) is 7.59. The molecule has 0 heterocycles. The van der Waals surface area contributed by atoms with Crippen molar-refractivity contribution in [1.82, 2.24) is 5.32 Å². The molecule has 0 aromatic rings. The van der Waals surface area contributed by atoms with Gasteiger partial charge in [0.15, 0.2) is 0 Å². The molecule has 3 heteroatoms. The lowest BCUT2D eigenvalue weighted by atomic mass is 9.86. The van der Waals surface area contributed by atoms with Crippen molar-refractivity contribution >= 4 is 0 Å². The molecule has 0 radical (unpaired) electrons. The fourth-order valence-corrected chi connectivity index (χ4v) is 3.19. The second-order valence-corrected chi connectivity index (χ2v) is 6.40. The number of hydrogen-bond donors (Lipinski definition) is 1. The highest BCUT2D eigenvalue weighted by molar-refractivity contribution is 5.16. The van der Waals surface area contributed by atoms with Gasteiger partial charge < -0.3 is 4.74 Å². The first kappa shape index (κ1) is 12.4. The summed E-state index contributed by atoms with van der Waals surface area (Å²) >= 11 is 0. The number of nitrogens with one attached hydrogen (secondary N) is 1. The minimum Gasteiger partial charge on any atom is -0.381 e. The summed E-state index contributed by atoms with van der Waals surface area (Å²) in [7, 11) is 0. The highest BCUT2D eigenvalue weighted by Gasteiger charge is 2.45. The Bertz CT molecular complexity index is 330. The van der Waals surface area contributed by atoms with E-state index >= 15 is 0 Å². The Kier molecular flexibility index (Phi) is 3.59. The first-order chi connectivity index (χ1) is 8.82. The molecule has 1 N–H and O–H groups in total. The molecule has 18 heavy (non-hydrogen) atoms. The van der Waals surface area contributed by atoms with E-state index in [-0.39, 0.29) is 5.54 Å². The van der Waals surface area contributed by atoms with Gasteiger partial charge in [-0.3, -0.25) is 5.32 Å². The fourth-order valence-electron chi connectivity index (χ4n) is 3.19. The van der Waals surface area contributed by atoms with Crippen molar-refractivity contribution in [3.8, 4) is 6.07 Å². The zero-order valence-electron chi connectivity index (χ0n) is 11.2. The monoisotopic (exact) mass is 248 g/mol. The molecule has 0 spiro atoms. The first-order valence-electron chi connectivity index (χ1n) is 7.59. The molecule has 0 amide bonds. The van der Waals surface area contributed by atoms with Gasteiger partial charge >= 0.3 is 0 Å². The molecule has 0 aliphatic heterocycles. The molecule has 2 unspecified atom stereocenters. The van der Waals surface area contributed by atoms with E-state index in [4.69, 9.17) is 4.74 Å². The molecule has 3 fully saturated rings. The third-order valence-electron chi connectivity index (χ3n) is 4.72. The van der Waals surface area contributed by atoms with Crippen LogP contribution in [0.15, 0.2) is 0 Å². The quantitative estimate of drug-likeness (QED) is 0.704. The molecule has 3 saturated carbocycles. The van der Waals surface area contributed by atoms with Gasteiger partial charge in [0.2, 0.25) is 0 Å². The maximum atomic E-state index is 9.57. The van der Waals surface area contributed by atoms with Crippen molar-refractivity contribution in [2.75, 3.05) is 13.2 Å². The van der Waals surface area contributed by atoms with E-state index in [0.29, 0.717) is 12.0 Å². The zero-order chi connectivity index (χ0) is 12.4. The van der Waals surface area contributed by atoms with E-state index in [2.05, 4.69) is 11.4 Å².